The van der Waals surface area contributed by atoms with Crippen molar-refractivity contribution >= 4 is 5.69 Å². The molecule has 0 N–H and O–H groups in total. The predicted octanol–water partition coefficient (Wildman–Crippen LogP) is 8.14. The lowest BCUT2D eigenvalue weighted by molar-refractivity contribution is 0.200. The van der Waals surface area contributed by atoms with E-state index >= 15 is 0 Å². The Morgan fingerprint density at radius 3 is 1.67 bits per heavy atom. The van der Waals surface area contributed by atoms with Crippen molar-refractivity contribution in [3.05, 3.63) is 108 Å². The number of pyridine rings is 1. The van der Waals surface area contributed by atoms with Gasteiger partial charge in [-0.05, 0) is 89.2 Å². The topological polar surface area (TPSA) is 74.8 Å². The number of piperidine rings is 1. The number of para-hydroxylation sites is 1. The zero-order valence-corrected chi connectivity index (χ0v) is 30.3. The maximum absolute atomic E-state index is 5.64. The van der Waals surface area contributed by atoms with Gasteiger partial charge in [0.25, 0.3) is 0 Å². The quantitative estimate of drug-likeness (QED) is 0.115. The molecule has 266 valence electrons. The van der Waals surface area contributed by atoms with Crippen LogP contribution in [0.25, 0.3) is 22.3 Å². The maximum Gasteiger partial charge on any atom is 0.203 e. The summed E-state index contributed by atoms with van der Waals surface area (Å²) in [6.07, 6.45) is 5.96. The van der Waals surface area contributed by atoms with Crippen molar-refractivity contribution in [3.63, 3.8) is 0 Å². The number of rotatable bonds is 14. The molecule has 4 aromatic carbocycles. The molecule has 9 heteroatoms. The largest absolute Gasteiger partial charge is 0.493 e. The van der Waals surface area contributed by atoms with E-state index in [2.05, 4.69) is 75.4 Å². The van der Waals surface area contributed by atoms with Crippen LogP contribution < -0.4 is 33.3 Å². The summed E-state index contributed by atoms with van der Waals surface area (Å²) in [7, 11) is 9.79. The van der Waals surface area contributed by atoms with Gasteiger partial charge in [0.15, 0.2) is 23.0 Å². The number of aromatic nitrogens is 1. The Kier molecular flexibility index (Phi) is 11.5. The smallest absolute Gasteiger partial charge is 0.203 e. The summed E-state index contributed by atoms with van der Waals surface area (Å²) in [6.45, 7) is 3.62. The SMILES string of the molecule is COc1cc(-c2cncc(CN3CCC(N(Cc4cccc(-c5cc(OC)c(OC)c(OC)c5)c4)c4ccccc4)CC3)c2)cc(OC)c1OC. The van der Waals surface area contributed by atoms with E-state index in [0.29, 0.717) is 40.5 Å². The third-order valence-corrected chi connectivity index (χ3v) is 9.56. The van der Waals surface area contributed by atoms with E-state index in [9.17, 15) is 0 Å². The van der Waals surface area contributed by atoms with Gasteiger partial charge in [0.1, 0.15) is 0 Å². The number of benzene rings is 4. The van der Waals surface area contributed by atoms with Gasteiger partial charge in [-0.2, -0.15) is 0 Å². The second-order valence-corrected chi connectivity index (χ2v) is 12.6. The van der Waals surface area contributed by atoms with Crippen molar-refractivity contribution in [1.82, 2.24) is 9.88 Å². The maximum atomic E-state index is 5.64. The summed E-state index contributed by atoms with van der Waals surface area (Å²) >= 11 is 0. The van der Waals surface area contributed by atoms with E-state index in [-0.39, 0.29) is 0 Å². The van der Waals surface area contributed by atoms with E-state index in [0.717, 1.165) is 61.3 Å². The molecule has 6 rings (SSSR count). The average Bonchev–Trinajstić information content (AvgIpc) is 3.19. The molecule has 0 amide bonds. The van der Waals surface area contributed by atoms with Crippen LogP contribution in [0, 0.1) is 0 Å². The van der Waals surface area contributed by atoms with Gasteiger partial charge < -0.3 is 33.3 Å². The molecule has 0 saturated carbocycles. The van der Waals surface area contributed by atoms with Crippen molar-refractivity contribution in [2.45, 2.75) is 32.0 Å². The molecule has 0 radical (unpaired) electrons. The van der Waals surface area contributed by atoms with Crippen LogP contribution in [0.15, 0.2) is 97.3 Å². The predicted molar refractivity (Wildman–Crippen MR) is 202 cm³/mol. The molecular formula is C42H47N3O6. The first-order valence-electron chi connectivity index (χ1n) is 17.2. The molecule has 1 aromatic heterocycles. The number of methoxy groups -OCH3 is 6. The minimum atomic E-state index is 0.400. The molecule has 0 spiro atoms. The van der Waals surface area contributed by atoms with E-state index in [4.69, 9.17) is 28.4 Å². The molecule has 1 aliphatic rings. The third-order valence-electron chi connectivity index (χ3n) is 9.56. The van der Waals surface area contributed by atoms with Crippen molar-refractivity contribution < 1.29 is 28.4 Å². The molecule has 2 heterocycles. The highest BCUT2D eigenvalue weighted by atomic mass is 16.5. The summed E-state index contributed by atoms with van der Waals surface area (Å²) in [5, 5.41) is 0. The zero-order valence-electron chi connectivity index (χ0n) is 30.3. The Hall–Kier alpha value is -5.41. The first kappa shape index (κ1) is 35.4. The monoisotopic (exact) mass is 689 g/mol. The number of anilines is 1. The normalized spacial score (nSPS) is 13.4. The van der Waals surface area contributed by atoms with E-state index < -0.39 is 0 Å². The standard InChI is InChI=1S/C42H47N3O6/c1-46-37-21-32(22-38(47-2)41(37)50-5)31-12-10-11-29(19-31)28-45(35-13-8-7-9-14-35)36-15-17-44(18-16-36)27-30-20-34(26-43-25-30)33-23-39(48-3)42(51-6)40(24-33)49-4/h7-14,19-26,36H,15-18,27-28H2,1-6H3. The number of hydrogen-bond donors (Lipinski definition) is 0. The fraction of sp³-hybridized carbons (Fsp3) is 0.310. The van der Waals surface area contributed by atoms with Crippen LogP contribution in [-0.4, -0.2) is 71.7 Å². The Balaban J connectivity index is 1.17. The highest BCUT2D eigenvalue weighted by Gasteiger charge is 2.26. The van der Waals surface area contributed by atoms with Crippen LogP contribution in [-0.2, 0) is 13.1 Å². The molecule has 9 nitrogen and oxygen atoms in total. The highest BCUT2D eigenvalue weighted by molar-refractivity contribution is 5.72. The summed E-state index contributed by atoms with van der Waals surface area (Å²) < 4.78 is 33.5. The number of nitrogens with zero attached hydrogens (tertiary/aromatic N) is 3. The fourth-order valence-corrected chi connectivity index (χ4v) is 6.97. The molecule has 1 saturated heterocycles. The molecule has 5 aromatic rings. The van der Waals surface area contributed by atoms with Gasteiger partial charge in [-0.1, -0.05) is 36.4 Å². The molecule has 51 heavy (non-hydrogen) atoms. The van der Waals surface area contributed by atoms with Crippen LogP contribution in [0.5, 0.6) is 34.5 Å². The van der Waals surface area contributed by atoms with Gasteiger partial charge >= 0.3 is 0 Å². The first-order valence-corrected chi connectivity index (χ1v) is 17.2. The summed E-state index contributed by atoms with van der Waals surface area (Å²) in [5.74, 6) is 3.68. The third kappa shape index (κ3) is 7.99. The van der Waals surface area contributed by atoms with Crippen molar-refractivity contribution in [1.29, 1.82) is 0 Å². The number of ether oxygens (including phenoxy) is 6. The van der Waals surface area contributed by atoms with E-state index in [1.807, 2.05) is 36.7 Å². The summed E-state index contributed by atoms with van der Waals surface area (Å²) in [6, 6.07) is 30.0. The number of hydrogen-bond acceptors (Lipinski definition) is 9. The fourth-order valence-electron chi connectivity index (χ4n) is 6.97. The molecule has 1 fully saturated rings. The minimum Gasteiger partial charge on any atom is -0.493 e. The Morgan fingerprint density at radius 2 is 1.12 bits per heavy atom. The van der Waals surface area contributed by atoms with Crippen LogP contribution in [0.4, 0.5) is 5.69 Å². The zero-order chi connectivity index (χ0) is 35.7. The van der Waals surface area contributed by atoms with Gasteiger partial charge in [0, 0.05) is 55.9 Å². The average molecular weight is 690 g/mol. The van der Waals surface area contributed by atoms with Crippen molar-refractivity contribution in [2.24, 2.45) is 0 Å². The van der Waals surface area contributed by atoms with Crippen LogP contribution in [0.3, 0.4) is 0 Å². The molecule has 0 aliphatic carbocycles. The lowest BCUT2D eigenvalue weighted by atomic mass is 9.98. The van der Waals surface area contributed by atoms with Gasteiger partial charge in [0.05, 0.1) is 42.7 Å². The lowest BCUT2D eigenvalue weighted by Gasteiger charge is -2.40. The molecule has 1 aliphatic heterocycles. The highest BCUT2D eigenvalue weighted by Crippen LogP contribution is 2.42. The van der Waals surface area contributed by atoms with Gasteiger partial charge in [-0.15, -0.1) is 0 Å². The van der Waals surface area contributed by atoms with Gasteiger partial charge in [-0.3, -0.25) is 9.88 Å². The second kappa shape index (κ2) is 16.5. The summed E-state index contributed by atoms with van der Waals surface area (Å²) in [5.41, 5.74) is 7.71. The van der Waals surface area contributed by atoms with Crippen LogP contribution in [0.2, 0.25) is 0 Å². The minimum absolute atomic E-state index is 0.400. The summed E-state index contributed by atoms with van der Waals surface area (Å²) in [4.78, 5) is 9.69. The molecule has 0 atom stereocenters. The first-order chi connectivity index (χ1) is 25.0. The van der Waals surface area contributed by atoms with E-state index in [1.165, 1.54) is 16.8 Å². The van der Waals surface area contributed by atoms with Crippen molar-refractivity contribution in [3.8, 4) is 56.8 Å². The Labute approximate surface area is 301 Å². The van der Waals surface area contributed by atoms with Crippen LogP contribution >= 0.6 is 0 Å². The second-order valence-electron chi connectivity index (χ2n) is 12.6. The lowest BCUT2D eigenvalue weighted by Crippen LogP contribution is -2.44. The Bertz CT molecular complexity index is 1860. The Morgan fingerprint density at radius 1 is 0.569 bits per heavy atom. The molecule has 0 bridgehead atoms. The van der Waals surface area contributed by atoms with Gasteiger partial charge in [0.2, 0.25) is 11.5 Å². The van der Waals surface area contributed by atoms with Crippen LogP contribution in [0.1, 0.15) is 24.0 Å². The van der Waals surface area contributed by atoms with Crippen molar-refractivity contribution in [2.75, 3.05) is 60.6 Å². The number of likely N-dealkylation sites (tertiary alicyclic amines) is 1. The van der Waals surface area contributed by atoms with Gasteiger partial charge in [-0.25, -0.2) is 0 Å². The molecular weight excluding hydrogens is 642 g/mol. The molecule has 0 unspecified atom stereocenters. The van der Waals surface area contributed by atoms with E-state index in [1.54, 1.807) is 42.7 Å².